The molecule has 0 spiro atoms. The molecule has 2 aliphatic heterocycles. The number of nitrogens with two attached hydrogens (primary N) is 1. The smallest absolute Gasteiger partial charge is 0.415 e. The Morgan fingerprint density at radius 2 is 1.68 bits per heavy atom. The van der Waals surface area contributed by atoms with Crippen molar-refractivity contribution in [2.75, 3.05) is 51.8 Å². The average molecular weight is 1050 g/mol. The Morgan fingerprint density at radius 3 is 2.32 bits per heavy atom. The number of carbonyl (C=O) groups excluding carboxylic acids is 7. The van der Waals surface area contributed by atoms with E-state index >= 15 is 0 Å². The van der Waals surface area contributed by atoms with Gasteiger partial charge in [-0.3, -0.25) is 24.0 Å². The SMILES string of the molecule is CCc1c2c(nc3ccc(OC(=O)N(C)CCN(C)C(=O)OCC4=CC=C(NC(=O)[C@H](CCCNC(N)=O)NC(=O)[C@@H](NC(=O)CS(=O)(=O)CC(=O)O)C(C)C)CC4)cc13)-c1cc3c(c(=O)n1C2)COC(=O)[C@H]3O. The number of sulfone groups is 1. The van der Waals surface area contributed by atoms with Crippen molar-refractivity contribution in [1.82, 2.24) is 40.6 Å². The summed E-state index contributed by atoms with van der Waals surface area (Å²) in [5.74, 6) is -7.80. The van der Waals surface area contributed by atoms with Gasteiger partial charge in [0.1, 0.15) is 42.6 Å². The van der Waals surface area contributed by atoms with E-state index in [4.69, 9.17) is 30.0 Å². The Balaban J connectivity index is 0.995. The number of esters is 1. The maximum Gasteiger partial charge on any atom is 0.415 e. The summed E-state index contributed by atoms with van der Waals surface area (Å²) in [7, 11) is -1.30. The van der Waals surface area contributed by atoms with E-state index in [1.807, 2.05) is 6.92 Å². The molecule has 0 saturated carbocycles. The third-order valence-corrected chi connectivity index (χ3v) is 13.8. The number of nitrogens with zero attached hydrogens (tertiary/aromatic N) is 4. The Hall–Kier alpha value is -7.87. The number of hydrogen-bond donors (Lipinski definition) is 7. The van der Waals surface area contributed by atoms with Crippen molar-refractivity contribution in [3.63, 3.8) is 0 Å². The first kappa shape index (κ1) is 55.4. The number of carbonyl (C=O) groups is 8. The number of hydrogen-bond acceptors (Lipinski definition) is 16. The molecule has 0 radical (unpaired) electrons. The number of carboxylic acids is 1. The predicted molar refractivity (Wildman–Crippen MR) is 263 cm³/mol. The average Bonchev–Trinajstić information content (AvgIpc) is 3.70. The summed E-state index contributed by atoms with van der Waals surface area (Å²) in [5, 5.41) is 30.1. The highest BCUT2D eigenvalue weighted by Crippen LogP contribution is 2.39. The van der Waals surface area contributed by atoms with Crippen LogP contribution in [0.2, 0.25) is 0 Å². The number of likely N-dealkylation sites (N-methyl/N-ethyl adjacent to an activating group) is 2. The Labute approximate surface area is 424 Å². The van der Waals surface area contributed by atoms with Crippen LogP contribution in [0.3, 0.4) is 0 Å². The number of aliphatic hydroxyl groups excluding tert-OH is 1. The number of nitrogens with one attached hydrogen (secondary N) is 4. The normalized spacial score (nSPS) is 15.4. The Bertz CT molecular complexity index is 3010. The summed E-state index contributed by atoms with van der Waals surface area (Å²) in [5.41, 5.74) is 9.67. The van der Waals surface area contributed by atoms with E-state index in [0.29, 0.717) is 47.3 Å². The van der Waals surface area contributed by atoms with Crippen LogP contribution < -0.4 is 37.3 Å². The molecule has 1 aliphatic carbocycles. The molecular weight excluding hydrogens is 991 g/mol. The van der Waals surface area contributed by atoms with Crippen molar-refractivity contribution >= 4 is 68.6 Å². The molecule has 0 saturated heterocycles. The fourth-order valence-corrected chi connectivity index (χ4v) is 9.43. The first-order valence-electron chi connectivity index (χ1n) is 23.6. The molecule has 6 rings (SSSR count). The van der Waals surface area contributed by atoms with E-state index in [2.05, 4.69) is 21.3 Å². The number of carboxylic acid groups (broad SMARTS) is 1. The molecule has 4 heterocycles. The van der Waals surface area contributed by atoms with Crippen LogP contribution in [0, 0.1) is 5.92 Å². The minimum Gasteiger partial charge on any atom is -0.480 e. The van der Waals surface area contributed by atoms with Crippen LogP contribution in [-0.4, -0.2) is 150 Å². The van der Waals surface area contributed by atoms with Gasteiger partial charge in [-0.1, -0.05) is 26.8 Å². The van der Waals surface area contributed by atoms with Crippen molar-refractivity contribution < 1.29 is 71.2 Å². The molecule has 3 atom stereocenters. The van der Waals surface area contributed by atoms with E-state index in [1.54, 1.807) is 54.8 Å². The molecule has 0 bridgehead atoms. The summed E-state index contributed by atoms with van der Waals surface area (Å²) < 4.78 is 41.9. The number of benzene rings is 1. The van der Waals surface area contributed by atoms with Crippen molar-refractivity contribution in [3.05, 3.63) is 80.3 Å². The Kier molecular flexibility index (Phi) is 17.8. The maximum atomic E-state index is 13.5. The summed E-state index contributed by atoms with van der Waals surface area (Å²) in [6.45, 7) is 5.25. The number of amides is 7. The number of fused-ring (bicyclic) bond motifs is 5. The topological polar surface area (TPSA) is 354 Å². The van der Waals surface area contributed by atoms with Gasteiger partial charge in [0.15, 0.2) is 15.9 Å². The lowest BCUT2D eigenvalue weighted by Gasteiger charge is -2.26. The van der Waals surface area contributed by atoms with Gasteiger partial charge in [0.05, 0.1) is 29.0 Å². The predicted octanol–water partition coefficient (Wildman–Crippen LogP) is 0.871. The standard InChI is InChI=1S/C48H59N9O16S/c1-6-29-30-18-28(13-14-34(30)52-40-32(29)20-57-36(40)19-31-33(44(57)64)22-71-45(65)41(31)61)73-48(68)56(5)17-16-55(4)47(67)72-21-26-9-11-27(12-10-26)51-42(62)35(8-7-15-50-46(49)66)53-43(63)39(25(2)3)54-37(58)23-74(69,70)24-38(59)60/h9,11,13-14,18-19,25,35,39,41,61H,6-8,10,12,15-17,20-24H2,1-5H3,(H,51,62)(H,53,63)(H,54,58)(H,59,60)(H3,49,50,66)/t35-,39-,41-/m0/s1. The van der Waals surface area contributed by atoms with Gasteiger partial charge in [0, 0.05) is 55.9 Å². The monoisotopic (exact) mass is 1050 g/mol. The summed E-state index contributed by atoms with van der Waals surface area (Å²) in [6.07, 6.45) is 1.82. The van der Waals surface area contributed by atoms with Gasteiger partial charge in [0.25, 0.3) is 5.56 Å². The van der Waals surface area contributed by atoms with Crippen LogP contribution in [0.1, 0.15) is 74.8 Å². The van der Waals surface area contributed by atoms with Gasteiger partial charge in [-0.05, 0) is 79.5 Å². The van der Waals surface area contributed by atoms with Gasteiger partial charge in [-0.25, -0.2) is 32.6 Å². The van der Waals surface area contributed by atoms with Crippen molar-refractivity contribution in [3.8, 4) is 17.1 Å². The van der Waals surface area contributed by atoms with E-state index in [-0.39, 0.29) is 74.7 Å². The van der Waals surface area contributed by atoms with Crippen LogP contribution in [0.15, 0.2) is 52.5 Å². The third-order valence-electron chi connectivity index (χ3n) is 12.5. The lowest BCUT2D eigenvalue weighted by atomic mass is 9.97. The van der Waals surface area contributed by atoms with Gasteiger partial charge in [-0.2, -0.15) is 0 Å². The molecule has 8 N–H and O–H groups in total. The number of cyclic esters (lactones) is 1. The third kappa shape index (κ3) is 13.6. The van der Waals surface area contributed by atoms with Crippen LogP contribution in [0.5, 0.6) is 5.75 Å². The molecule has 25 nitrogen and oxygen atoms in total. The zero-order valence-electron chi connectivity index (χ0n) is 41.4. The number of urea groups is 1. The zero-order chi connectivity index (χ0) is 54.2. The van der Waals surface area contributed by atoms with Crippen molar-refractivity contribution in [1.29, 1.82) is 0 Å². The van der Waals surface area contributed by atoms with Crippen LogP contribution in [0.25, 0.3) is 22.3 Å². The fourth-order valence-electron chi connectivity index (χ4n) is 8.47. The van der Waals surface area contributed by atoms with E-state index in [1.165, 1.54) is 23.9 Å². The number of aryl methyl sites for hydroxylation is 1. The minimum atomic E-state index is -4.32. The molecule has 1 aromatic carbocycles. The number of primary amides is 1. The summed E-state index contributed by atoms with van der Waals surface area (Å²) in [6, 6.07) is 3.32. The highest BCUT2D eigenvalue weighted by atomic mass is 32.2. The van der Waals surface area contributed by atoms with Crippen LogP contribution >= 0.6 is 0 Å². The second-order valence-corrected chi connectivity index (χ2v) is 20.4. The molecule has 3 aromatic rings. The minimum absolute atomic E-state index is 0.0179. The molecule has 3 aliphatic rings. The molecule has 74 heavy (non-hydrogen) atoms. The number of aliphatic hydroxyl groups is 1. The molecule has 7 amide bonds. The molecular formula is C48H59N9O16S. The van der Waals surface area contributed by atoms with Crippen molar-refractivity contribution in [2.24, 2.45) is 11.7 Å². The lowest BCUT2D eigenvalue weighted by molar-refractivity contribution is -0.157. The summed E-state index contributed by atoms with van der Waals surface area (Å²) in [4.78, 5) is 121. The molecule has 0 fully saturated rings. The number of ether oxygens (including phenoxy) is 3. The fraction of sp³-hybridized carbons (Fsp3) is 0.458. The molecule has 398 valence electrons. The number of rotatable bonds is 21. The molecule has 2 aromatic heterocycles. The second-order valence-electron chi connectivity index (χ2n) is 18.3. The van der Waals surface area contributed by atoms with Gasteiger partial charge in [-0.15, -0.1) is 0 Å². The first-order valence-corrected chi connectivity index (χ1v) is 25.4. The molecule has 0 unspecified atom stereocenters. The van der Waals surface area contributed by atoms with E-state index in [0.717, 1.165) is 16.7 Å². The summed E-state index contributed by atoms with van der Waals surface area (Å²) >= 11 is 0. The van der Waals surface area contributed by atoms with Crippen LogP contribution in [-0.2, 0) is 62.9 Å². The maximum absolute atomic E-state index is 13.5. The molecule has 26 heteroatoms. The van der Waals surface area contributed by atoms with Gasteiger partial charge in [0.2, 0.25) is 17.7 Å². The van der Waals surface area contributed by atoms with Gasteiger partial charge >= 0.3 is 30.2 Å². The second kappa shape index (κ2) is 23.8. The highest BCUT2D eigenvalue weighted by molar-refractivity contribution is 7.92. The van der Waals surface area contributed by atoms with Crippen molar-refractivity contribution in [2.45, 2.75) is 84.2 Å². The van der Waals surface area contributed by atoms with E-state index in [9.17, 15) is 56.7 Å². The number of aromatic nitrogens is 2. The zero-order valence-corrected chi connectivity index (χ0v) is 42.2. The highest BCUT2D eigenvalue weighted by Gasteiger charge is 2.35. The first-order chi connectivity index (χ1) is 35.0. The number of pyridine rings is 2. The lowest BCUT2D eigenvalue weighted by Crippen LogP contribution is -2.56. The van der Waals surface area contributed by atoms with Crippen LogP contribution in [0.4, 0.5) is 14.4 Å². The Morgan fingerprint density at radius 1 is 0.959 bits per heavy atom. The van der Waals surface area contributed by atoms with Gasteiger partial charge < -0.3 is 65.8 Å². The largest absolute Gasteiger partial charge is 0.480 e. The number of allylic oxidation sites excluding steroid dienone is 3. The number of aliphatic carboxylic acids is 1. The van der Waals surface area contributed by atoms with E-state index < -0.39 is 93.3 Å². The quantitative estimate of drug-likeness (QED) is 0.0450.